The molecule has 0 aliphatic carbocycles. The normalized spacial score (nSPS) is 10.3. The molecule has 0 bridgehead atoms. The first-order valence-corrected chi connectivity index (χ1v) is 4.82. The van der Waals surface area contributed by atoms with Crippen molar-refractivity contribution < 1.29 is 0 Å². The number of nitrogens with zero attached hydrogens (tertiary/aromatic N) is 4. The maximum Gasteiger partial charge on any atom is 0.278 e. The van der Waals surface area contributed by atoms with Crippen LogP contribution in [0.25, 0.3) is 0 Å². The Labute approximate surface area is 95.7 Å². The van der Waals surface area contributed by atoms with Gasteiger partial charge in [-0.3, -0.25) is 9.36 Å². The third-order valence-corrected chi connectivity index (χ3v) is 2.26. The topological polar surface area (TPSA) is 86.7 Å². The summed E-state index contributed by atoms with van der Waals surface area (Å²) in [5.41, 5.74) is 5.00. The number of nitrogens with two attached hydrogens (primary N) is 1. The highest BCUT2D eigenvalue weighted by Crippen LogP contribution is 2.08. The molecule has 0 atom stereocenters. The minimum Gasteiger partial charge on any atom is -0.392 e. The summed E-state index contributed by atoms with van der Waals surface area (Å²) >= 11 is 5.61. The Morgan fingerprint density at radius 3 is 2.69 bits per heavy atom. The van der Waals surface area contributed by atoms with Gasteiger partial charge in [-0.05, 0) is 6.07 Å². The van der Waals surface area contributed by atoms with E-state index >= 15 is 0 Å². The predicted octanol–water partition coefficient (Wildman–Crippen LogP) is 0.317. The first-order chi connectivity index (χ1) is 7.68. The van der Waals surface area contributed by atoms with Crippen LogP contribution in [0.15, 0.2) is 29.6 Å². The fourth-order valence-electron chi connectivity index (χ4n) is 1.16. The molecule has 0 unspecified atom stereocenters. The fraction of sp³-hybridized carbons (Fsp3) is 0.111. The molecule has 0 radical (unpaired) electrons. The zero-order chi connectivity index (χ0) is 11.5. The van der Waals surface area contributed by atoms with Gasteiger partial charge < -0.3 is 5.73 Å². The number of rotatable bonds is 2. The minimum atomic E-state index is -0.396. The Kier molecular flexibility index (Phi) is 2.82. The highest BCUT2D eigenvalue weighted by Gasteiger charge is 2.07. The molecule has 0 aromatic carbocycles. The van der Waals surface area contributed by atoms with Crippen LogP contribution in [0.4, 0.5) is 5.69 Å². The summed E-state index contributed by atoms with van der Waals surface area (Å²) in [6.45, 7) is 0.216. The zero-order valence-electron chi connectivity index (χ0n) is 8.17. The van der Waals surface area contributed by atoms with Gasteiger partial charge in [0.25, 0.3) is 5.56 Å². The van der Waals surface area contributed by atoms with E-state index in [1.165, 1.54) is 10.9 Å². The van der Waals surface area contributed by atoms with Crippen LogP contribution < -0.4 is 11.3 Å². The lowest BCUT2D eigenvalue weighted by Crippen LogP contribution is -2.24. The van der Waals surface area contributed by atoms with Gasteiger partial charge in [0.05, 0.1) is 12.9 Å². The highest BCUT2D eigenvalue weighted by molar-refractivity contribution is 6.31. The molecule has 0 aliphatic rings. The Morgan fingerprint density at radius 1 is 1.31 bits per heavy atom. The molecule has 0 aliphatic heterocycles. The lowest BCUT2D eigenvalue weighted by atomic mass is 10.5. The van der Waals surface area contributed by atoms with E-state index in [0.717, 1.165) is 0 Å². The van der Waals surface area contributed by atoms with E-state index in [1.54, 1.807) is 18.5 Å². The van der Waals surface area contributed by atoms with Crippen molar-refractivity contribution in [1.29, 1.82) is 0 Å². The third-order valence-electron chi connectivity index (χ3n) is 1.95. The van der Waals surface area contributed by atoms with Crippen molar-refractivity contribution in [2.75, 3.05) is 5.73 Å². The van der Waals surface area contributed by atoms with E-state index in [1.807, 2.05) is 0 Å². The SMILES string of the molecule is Nc1c(Cl)ncn(Cc2ncccn2)c1=O. The molecular formula is C9H8ClN5O. The molecule has 7 heteroatoms. The van der Waals surface area contributed by atoms with Crippen LogP contribution in [0.5, 0.6) is 0 Å². The summed E-state index contributed by atoms with van der Waals surface area (Å²) in [4.78, 5) is 23.4. The molecule has 0 spiro atoms. The summed E-state index contributed by atoms with van der Waals surface area (Å²) in [5.74, 6) is 0.508. The summed E-state index contributed by atoms with van der Waals surface area (Å²) in [6, 6.07) is 1.70. The monoisotopic (exact) mass is 237 g/mol. The van der Waals surface area contributed by atoms with E-state index in [0.29, 0.717) is 5.82 Å². The molecule has 2 aromatic rings. The smallest absolute Gasteiger partial charge is 0.278 e. The fourth-order valence-corrected chi connectivity index (χ4v) is 1.29. The van der Waals surface area contributed by atoms with Gasteiger partial charge in [-0.25, -0.2) is 15.0 Å². The van der Waals surface area contributed by atoms with Gasteiger partial charge in [-0.1, -0.05) is 11.6 Å². The van der Waals surface area contributed by atoms with Crippen molar-refractivity contribution >= 4 is 17.3 Å². The quantitative estimate of drug-likeness (QED) is 0.760. The predicted molar refractivity (Wildman–Crippen MR) is 59.1 cm³/mol. The molecule has 0 saturated heterocycles. The van der Waals surface area contributed by atoms with E-state index in [-0.39, 0.29) is 17.4 Å². The van der Waals surface area contributed by atoms with Crippen molar-refractivity contribution in [3.05, 3.63) is 46.1 Å². The average Bonchev–Trinajstić information content (AvgIpc) is 2.31. The largest absolute Gasteiger partial charge is 0.392 e. The Bertz CT molecular complexity index is 554. The molecule has 82 valence electrons. The summed E-state index contributed by atoms with van der Waals surface area (Å²) in [5, 5.41) is 0.00947. The highest BCUT2D eigenvalue weighted by atomic mass is 35.5. The van der Waals surface area contributed by atoms with Gasteiger partial charge in [0, 0.05) is 12.4 Å². The number of hydrogen-bond acceptors (Lipinski definition) is 5. The Morgan fingerprint density at radius 2 is 2.00 bits per heavy atom. The second-order valence-corrected chi connectivity index (χ2v) is 3.41. The lowest BCUT2D eigenvalue weighted by Gasteiger charge is -2.04. The van der Waals surface area contributed by atoms with Gasteiger partial charge >= 0.3 is 0 Å². The van der Waals surface area contributed by atoms with E-state index in [9.17, 15) is 4.79 Å². The van der Waals surface area contributed by atoms with E-state index in [4.69, 9.17) is 17.3 Å². The first-order valence-electron chi connectivity index (χ1n) is 4.45. The first kappa shape index (κ1) is 10.6. The van der Waals surface area contributed by atoms with E-state index < -0.39 is 5.56 Å². The summed E-state index contributed by atoms with van der Waals surface area (Å²) < 4.78 is 1.30. The second-order valence-electron chi connectivity index (χ2n) is 3.05. The Balaban J connectivity index is 2.37. The van der Waals surface area contributed by atoms with Crippen molar-refractivity contribution in [3.8, 4) is 0 Å². The van der Waals surface area contributed by atoms with Crippen molar-refractivity contribution in [2.45, 2.75) is 6.54 Å². The number of halogens is 1. The summed E-state index contributed by atoms with van der Waals surface area (Å²) in [6.07, 6.45) is 4.51. The molecule has 2 rings (SSSR count). The molecule has 2 N–H and O–H groups in total. The van der Waals surface area contributed by atoms with Gasteiger partial charge in [0.1, 0.15) is 11.5 Å². The van der Waals surface area contributed by atoms with Crippen LogP contribution in [0.1, 0.15) is 5.82 Å². The molecule has 6 nitrogen and oxygen atoms in total. The average molecular weight is 238 g/mol. The van der Waals surface area contributed by atoms with Crippen molar-refractivity contribution in [1.82, 2.24) is 19.5 Å². The summed E-state index contributed by atoms with van der Waals surface area (Å²) in [7, 11) is 0. The van der Waals surface area contributed by atoms with Crippen LogP contribution in [-0.2, 0) is 6.54 Å². The molecule has 0 fully saturated rings. The van der Waals surface area contributed by atoms with Crippen molar-refractivity contribution in [3.63, 3.8) is 0 Å². The van der Waals surface area contributed by atoms with Gasteiger partial charge in [-0.2, -0.15) is 0 Å². The van der Waals surface area contributed by atoms with Gasteiger partial charge in [0.2, 0.25) is 0 Å². The number of aromatic nitrogens is 4. The minimum absolute atomic E-state index is 0.00947. The molecular weight excluding hydrogens is 230 g/mol. The number of nitrogen functional groups attached to an aromatic ring is 1. The molecule has 2 heterocycles. The van der Waals surface area contributed by atoms with Crippen LogP contribution in [0.3, 0.4) is 0 Å². The van der Waals surface area contributed by atoms with E-state index in [2.05, 4.69) is 15.0 Å². The molecule has 0 saturated carbocycles. The number of hydrogen-bond donors (Lipinski definition) is 1. The second kappa shape index (κ2) is 4.28. The van der Waals surface area contributed by atoms with Crippen LogP contribution in [0, 0.1) is 0 Å². The van der Waals surface area contributed by atoms with Crippen molar-refractivity contribution in [2.24, 2.45) is 0 Å². The molecule has 0 amide bonds. The number of anilines is 1. The lowest BCUT2D eigenvalue weighted by molar-refractivity contribution is 0.699. The van der Waals surface area contributed by atoms with Gasteiger partial charge in [-0.15, -0.1) is 0 Å². The van der Waals surface area contributed by atoms with Crippen LogP contribution in [-0.4, -0.2) is 19.5 Å². The van der Waals surface area contributed by atoms with Crippen LogP contribution in [0.2, 0.25) is 5.15 Å². The maximum absolute atomic E-state index is 11.7. The molecule has 2 aromatic heterocycles. The van der Waals surface area contributed by atoms with Gasteiger partial charge in [0.15, 0.2) is 5.15 Å². The van der Waals surface area contributed by atoms with Crippen LogP contribution >= 0.6 is 11.6 Å². The standard InChI is InChI=1S/C9H8ClN5O/c10-8-7(11)9(16)15(5-14-8)4-6-12-2-1-3-13-6/h1-3,5H,4,11H2. The Hall–Kier alpha value is -1.95. The molecule has 16 heavy (non-hydrogen) atoms. The maximum atomic E-state index is 11.7. The third kappa shape index (κ3) is 2.01. The zero-order valence-corrected chi connectivity index (χ0v) is 8.92.